The molecule has 1 N–H and O–H groups in total. The Morgan fingerprint density at radius 3 is 3.00 bits per heavy atom. The molecule has 3 heterocycles. The van der Waals surface area contributed by atoms with Gasteiger partial charge in [0, 0.05) is 29.0 Å². The average molecular weight is 333 g/mol. The predicted molar refractivity (Wildman–Crippen MR) is 87.3 cm³/mol. The Morgan fingerprint density at radius 2 is 2.27 bits per heavy atom. The molecule has 0 unspecified atom stereocenters. The number of anilines is 1. The fraction of sp³-hybridized carbons (Fsp3) is 0.0714. The Kier molecular flexibility index (Phi) is 2.91. The summed E-state index contributed by atoms with van der Waals surface area (Å²) >= 11 is 7.44. The number of nitrogens with zero attached hydrogens (tertiary/aromatic N) is 3. The van der Waals surface area contributed by atoms with Crippen molar-refractivity contribution >= 4 is 50.8 Å². The lowest BCUT2D eigenvalue weighted by Gasteiger charge is -2.05. The minimum atomic E-state index is -0.422. The third-order valence-corrected chi connectivity index (χ3v) is 4.30. The van der Waals surface area contributed by atoms with E-state index in [2.05, 4.69) is 15.3 Å². The molecule has 0 aliphatic carbocycles. The van der Waals surface area contributed by atoms with Gasteiger partial charge in [0.15, 0.2) is 16.5 Å². The molecule has 0 saturated carbocycles. The molecule has 0 saturated heterocycles. The number of hydrogen-bond donors (Lipinski definition) is 1. The highest BCUT2D eigenvalue weighted by Crippen LogP contribution is 2.34. The van der Waals surface area contributed by atoms with Gasteiger partial charge in [-0.05, 0) is 18.2 Å². The van der Waals surface area contributed by atoms with Crippen LogP contribution >= 0.6 is 22.9 Å². The first kappa shape index (κ1) is 13.3. The summed E-state index contributed by atoms with van der Waals surface area (Å²) in [6.07, 6.45) is 1.64. The van der Waals surface area contributed by atoms with E-state index >= 15 is 0 Å². The fourth-order valence-electron chi connectivity index (χ4n) is 2.40. The summed E-state index contributed by atoms with van der Waals surface area (Å²) in [6, 6.07) is 5.28. The van der Waals surface area contributed by atoms with E-state index in [1.807, 2.05) is 0 Å². The molecule has 0 atom stereocenters. The van der Waals surface area contributed by atoms with Gasteiger partial charge in [-0.15, -0.1) is 11.3 Å². The van der Waals surface area contributed by atoms with Crippen LogP contribution in [0.5, 0.6) is 0 Å². The van der Waals surface area contributed by atoms with Crippen molar-refractivity contribution in [3.8, 4) is 5.13 Å². The quantitative estimate of drug-likeness (QED) is 0.610. The fourth-order valence-corrected chi connectivity index (χ4v) is 3.22. The monoisotopic (exact) mass is 332 g/mol. The van der Waals surface area contributed by atoms with Crippen LogP contribution in [0.3, 0.4) is 0 Å². The smallest absolute Gasteiger partial charge is 0.356 e. The zero-order chi connectivity index (χ0) is 15.3. The van der Waals surface area contributed by atoms with Crippen LogP contribution in [0.25, 0.3) is 27.2 Å². The van der Waals surface area contributed by atoms with Crippen molar-refractivity contribution in [1.29, 1.82) is 0 Å². The SMILES string of the molecule is CNc1nc(=O)n(-c2nccs2)c2c1oc1ccc(Cl)cc12. The highest BCUT2D eigenvalue weighted by molar-refractivity contribution is 7.12. The molecule has 0 fully saturated rings. The lowest BCUT2D eigenvalue weighted by atomic mass is 10.2. The van der Waals surface area contributed by atoms with E-state index in [9.17, 15) is 4.79 Å². The molecular weight excluding hydrogens is 324 g/mol. The first-order valence-electron chi connectivity index (χ1n) is 6.41. The van der Waals surface area contributed by atoms with Crippen molar-refractivity contribution in [2.24, 2.45) is 0 Å². The Morgan fingerprint density at radius 1 is 1.41 bits per heavy atom. The molecule has 0 amide bonds. The van der Waals surface area contributed by atoms with E-state index in [1.54, 1.807) is 36.8 Å². The maximum atomic E-state index is 12.4. The second-order valence-electron chi connectivity index (χ2n) is 4.56. The van der Waals surface area contributed by atoms with E-state index in [-0.39, 0.29) is 0 Å². The van der Waals surface area contributed by atoms with E-state index in [0.29, 0.717) is 32.7 Å². The van der Waals surface area contributed by atoms with Crippen molar-refractivity contribution in [2.45, 2.75) is 0 Å². The second kappa shape index (κ2) is 4.82. The molecule has 0 aliphatic heterocycles. The number of nitrogens with one attached hydrogen (secondary N) is 1. The highest BCUT2D eigenvalue weighted by atomic mass is 35.5. The van der Waals surface area contributed by atoms with Gasteiger partial charge < -0.3 is 9.73 Å². The molecule has 0 bridgehead atoms. The van der Waals surface area contributed by atoms with Gasteiger partial charge in [0.25, 0.3) is 0 Å². The van der Waals surface area contributed by atoms with Crippen LogP contribution in [-0.4, -0.2) is 21.6 Å². The van der Waals surface area contributed by atoms with Gasteiger partial charge in [-0.25, -0.2) is 14.3 Å². The summed E-state index contributed by atoms with van der Waals surface area (Å²) in [6.45, 7) is 0. The summed E-state index contributed by atoms with van der Waals surface area (Å²) in [5.74, 6) is 0.389. The first-order valence-corrected chi connectivity index (χ1v) is 7.67. The van der Waals surface area contributed by atoms with E-state index < -0.39 is 5.69 Å². The van der Waals surface area contributed by atoms with Crippen LogP contribution in [0.2, 0.25) is 5.02 Å². The van der Waals surface area contributed by atoms with Gasteiger partial charge in [-0.3, -0.25) is 0 Å². The zero-order valence-corrected chi connectivity index (χ0v) is 12.9. The summed E-state index contributed by atoms with van der Waals surface area (Å²) in [4.78, 5) is 20.7. The van der Waals surface area contributed by atoms with Crippen LogP contribution in [0.1, 0.15) is 0 Å². The number of thiazole rings is 1. The van der Waals surface area contributed by atoms with Gasteiger partial charge in [0.05, 0.1) is 0 Å². The Bertz CT molecular complexity index is 1050. The number of rotatable bonds is 2. The maximum absolute atomic E-state index is 12.4. The van der Waals surface area contributed by atoms with Crippen molar-refractivity contribution in [3.63, 3.8) is 0 Å². The number of halogens is 1. The van der Waals surface area contributed by atoms with Crippen molar-refractivity contribution < 1.29 is 4.42 Å². The van der Waals surface area contributed by atoms with Gasteiger partial charge >= 0.3 is 5.69 Å². The van der Waals surface area contributed by atoms with Crippen LogP contribution < -0.4 is 11.0 Å². The summed E-state index contributed by atoms with van der Waals surface area (Å²) in [5.41, 5.74) is 1.31. The molecule has 110 valence electrons. The number of aromatic nitrogens is 3. The third kappa shape index (κ3) is 1.83. The third-order valence-electron chi connectivity index (χ3n) is 3.31. The van der Waals surface area contributed by atoms with Crippen molar-refractivity contribution in [3.05, 3.63) is 45.3 Å². The standard InChI is InChI=1S/C14H9ClN4O2S/c1-16-12-11-10(8-6-7(15)2-3-9(8)21-11)19(13(20)18-12)14-17-4-5-22-14/h2-6H,1H3,(H,16,18,20). The number of hydrogen-bond acceptors (Lipinski definition) is 6. The Hall–Kier alpha value is -2.38. The largest absolute Gasteiger partial charge is 0.450 e. The second-order valence-corrected chi connectivity index (χ2v) is 5.87. The van der Waals surface area contributed by atoms with Crippen molar-refractivity contribution in [1.82, 2.24) is 14.5 Å². The van der Waals surface area contributed by atoms with Crippen LogP contribution in [0, 0.1) is 0 Å². The molecule has 8 heteroatoms. The lowest BCUT2D eigenvalue weighted by molar-refractivity contribution is 0.664. The van der Waals surface area contributed by atoms with Gasteiger partial charge in [-0.1, -0.05) is 11.6 Å². The minimum absolute atomic E-state index is 0.389. The normalized spacial score (nSPS) is 11.4. The van der Waals surface area contributed by atoms with Gasteiger partial charge in [0.2, 0.25) is 0 Å². The summed E-state index contributed by atoms with van der Waals surface area (Å²) < 4.78 is 7.30. The van der Waals surface area contributed by atoms with Crippen molar-refractivity contribution in [2.75, 3.05) is 12.4 Å². The lowest BCUT2D eigenvalue weighted by Crippen LogP contribution is -2.22. The summed E-state index contributed by atoms with van der Waals surface area (Å²) in [5, 5.41) is 6.54. The molecule has 0 radical (unpaired) electrons. The van der Waals surface area contributed by atoms with E-state index in [4.69, 9.17) is 16.0 Å². The minimum Gasteiger partial charge on any atom is -0.450 e. The van der Waals surface area contributed by atoms with Crippen LogP contribution in [0.15, 0.2) is 39.0 Å². The molecule has 1 aromatic carbocycles. The topological polar surface area (TPSA) is 73.0 Å². The molecule has 4 aromatic rings. The molecule has 6 nitrogen and oxygen atoms in total. The molecule has 4 rings (SSSR count). The van der Waals surface area contributed by atoms with Crippen LogP contribution in [-0.2, 0) is 0 Å². The first-order chi connectivity index (χ1) is 10.7. The van der Waals surface area contributed by atoms with E-state index in [0.717, 1.165) is 5.39 Å². The number of furan rings is 1. The summed E-state index contributed by atoms with van der Waals surface area (Å²) in [7, 11) is 1.69. The number of fused-ring (bicyclic) bond motifs is 3. The maximum Gasteiger partial charge on any atom is 0.356 e. The highest BCUT2D eigenvalue weighted by Gasteiger charge is 2.20. The van der Waals surface area contributed by atoms with Crippen LogP contribution in [0.4, 0.5) is 5.82 Å². The zero-order valence-electron chi connectivity index (χ0n) is 11.3. The predicted octanol–water partition coefficient (Wildman–Crippen LogP) is 3.28. The Labute approximate surface area is 133 Å². The molecule has 0 aliphatic rings. The Balaban J connectivity index is 2.28. The number of benzene rings is 1. The molecular formula is C14H9ClN4O2S. The van der Waals surface area contributed by atoms with E-state index in [1.165, 1.54) is 15.9 Å². The van der Waals surface area contributed by atoms with Gasteiger partial charge in [0.1, 0.15) is 11.1 Å². The average Bonchev–Trinajstić information content (AvgIpc) is 3.14. The molecule has 22 heavy (non-hydrogen) atoms. The molecule has 3 aromatic heterocycles. The van der Waals surface area contributed by atoms with Gasteiger partial charge in [-0.2, -0.15) is 4.98 Å². The molecule has 0 spiro atoms.